The predicted molar refractivity (Wildman–Crippen MR) is 271 cm³/mol. The van der Waals surface area contributed by atoms with Crippen LogP contribution in [0, 0.1) is 0 Å². The first kappa shape index (κ1) is 54.4. The molecule has 0 aliphatic carbocycles. The second kappa shape index (κ2) is 21.4. The number of quaternary nitrogens is 1. The van der Waals surface area contributed by atoms with Crippen LogP contribution >= 0.6 is 0 Å². The normalized spacial score (nSPS) is 15.2. The summed E-state index contributed by atoms with van der Waals surface area (Å²) < 4.78 is 82.0. The van der Waals surface area contributed by atoms with Gasteiger partial charge >= 0.3 is 5.97 Å². The van der Waals surface area contributed by atoms with E-state index in [1.807, 2.05) is 37.2 Å². The van der Waals surface area contributed by atoms with Gasteiger partial charge in [-0.3, -0.25) is 14.6 Å². The largest absolute Gasteiger partial charge is 0.748 e. The minimum Gasteiger partial charge on any atom is -0.748 e. The van der Waals surface area contributed by atoms with Crippen LogP contribution in [0.5, 0.6) is 11.5 Å². The molecule has 0 atom stereocenters. The number of carbonyl (C=O) groups excluding carboxylic acids is 2. The van der Waals surface area contributed by atoms with Crippen molar-refractivity contribution >= 4 is 66.1 Å². The number of aromatic nitrogens is 1. The second-order valence-electron chi connectivity index (χ2n) is 18.7. The summed E-state index contributed by atoms with van der Waals surface area (Å²) in [5.74, 6) is -3.76. The second-order valence-corrected chi connectivity index (χ2v) is 21.5. The lowest BCUT2D eigenvalue weighted by Crippen LogP contribution is -3.11. The molecule has 4 aromatic rings. The first-order chi connectivity index (χ1) is 33.7. The predicted octanol–water partition coefficient (Wildman–Crippen LogP) is 3.63. The van der Waals surface area contributed by atoms with Gasteiger partial charge < -0.3 is 39.4 Å². The maximum Gasteiger partial charge on any atom is 0.336 e. The Balaban J connectivity index is 0.00000113. The molecule has 7 rings (SSSR count). The van der Waals surface area contributed by atoms with Crippen molar-refractivity contribution in [3.8, 4) is 11.5 Å². The third kappa shape index (κ3) is 12.4. The van der Waals surface area contributed by atoms with Crippen LogP contribution in [0.15, 0.2) is 78.1 Å². The lowest BCUT2D eigenvalue weighted by atomic mass is 9.83. The Hall–Kier alpha value is -6.94. The number of ether oxygens (including phenoxy) is 1. The summed E-state index contributed by atoms with van der Waals surface area (Å²) in [7, 11) is -5.99. The molecular formula is C50H59N9O11S2. The Bertz CT molecular complexity index is 3320. The van der Waals surface area contributed by atoms with Gasteiger partial charge in [-0.05, 0) is 99.3 Å². The molecule has 3 aromatic carbocycles. The monoisotopic (exact) mass is 1030 g/mol. The van der Waals surface area contributed by atoms with E-state index in [9.17, 15) is 45.4 Å². The highest BCUT2D eigenvalue weighted by atomic mass is 32.2. The molecule has 4 heterocycles. The van der Waals surface area contributed by atoms with Crippen molar-refractivity contribution in [3.05, 3.63) is 133 Å². The topological polar surface area (TPSA) is 291 Å². The van der Waals surface area contributed by atoms with Gasteiger partial charge in [-0.25, -0.2) is 26.2 Å². The number of anilines is 2. The lowest BCUT2D eigenvalue weighted by molar-refractivity contribution is -0.894. The van der Waals surface area contributed by atoms with Crippen LogP contribution in [-0.2, 0) is 31.6 Å². The Labute approximate surface area is 418 Å². The Kier molecular flexibility index (Phi) is 16.2. The van der Waals surface area contributed by atoms with E-state index in [1.165, 1.54) is 44.0 Å². The zero-order valence-electron chi connectivity index (χ0n) is 41.6. The van der Waals surface area contributed by atoms with Gasteiger partial charge in [0.05, 0.1) is 92.5 Å². The van der Waals surface area contributed by atoms with E-state index in [1.54, 1.807) is 67.5 Å². The number of nitrogens with zero attached hydrogens (tertiary/aromatic N) is 6. The summed E-state index contributed by atoms with van der Waals surface area (Å²) >= 11 is 0. The van der Waals surface area contributed by atoms with E-state index < -0.39 is 60.6 Å². The van der Waals surface area contributed by atoms with Gasteiger partial charge in [0.2, 0.25) is 11.3 Å². The van der Waals surface area contributed by atoms with Gasteiger partial charge in [-0.15, -0.1) is 0 Å². The average Bonchev–Trinajstić information content (AvgIpc) is 3.30. The zero-order valence-corrected chi connectivity index (χ0v) is 43.2. The molecule has 72 heavy (non-hydrogen) atoms. The molecule has 3 aliphatic rings. The Morgan fingerprint density at radius 3 is 2.10 bits per heavy atom. The Morgan fingerprint density at radius 2 is 1.53 bits per heavy atom. The number of carbonyl (C=O) groups is 3. The summed E-state index contributed by atoms with van der Waals surface area (Å²) in [6.07, 6.45) is 4.59. The fraction of sp³-hybridized carbons (Fsp3) is 0.380. The number of hydrogen-bond donors (Lipinski definition) is 4. The average molecular weight is 1030 g/mol. The molecule has 22 heteroatoms. The number of carboxylic acid groups (broad SMARTS) is 1. The van der Waals surface area contributed by atoms with E-state index in [4.69, 9.17) is 10.3 Å². The maximum atomic E-state index is 13.5. The fourth-order valence-corrected chi connectivity index (χ4v) is 10.1. The van der Waals surface area contributed by atoms with Crippen LogP contribution in [0.3, 0.4) is 0 Å². The summed E-state index contributed by atoms with van der Waals surface area (Å²) in [4.78, 5) is 49.7. The maximum absolute atomic E-state index is 13.5. The molecule has 0 saturated heterocycles. The number of nitrogens with one attached hydrogen (secondary N) is 3. The number of likely N-dealkylation sites (N-methyl/N-ethyl adjacent to an activating group) is 2. The van der Waals surface area contributed by atoms with Crippen molar-refractivity contribution in [3.63, 3.8) is 0 Å². The lowest BCUT2D eigenvalue weighted by Gasteiger charge is -2.42. The molecule has 0 spiro atoms. The SMILES string of the molecule is CC[NH+](CC)CC.CN1c2cc3c(cc2C(CS(=O)(=O)[O-])=CC1(C)C)C(c1ccc(C(=O)NCCC(=O)Nc2ccc(CN=[N+]=[N-])nc2)cc1C(=O)O)=c1cc2c(cc1O3)=[N+](C)C(C)(C)C=C2CS(=O)(=O)[O-]. The minimum absolute atomic E-state index is 0.0402. The third-order valence-corrected chi connectivity index (χ3v) is 14.5. The highest BCUT2D eigenvalue weighted by molar-refractivity contribution is 7.86. The van der Waals surface area contributed by atoms with Gasteiger partial charge in [-0.1, -0.05) is 17.3 Å². The summed E-state index contributed by atoms with van der Waals surface area (Å²) in [6.45, 7) is 17.8. The van der Waals surface area contributed by atoms with E-state index in [2.05, 4.69) is 46.4 Å². The van der Waals surface area contributed by atoms with E-state index in [0.29, 0.717) is 33.6 Å². The molecule has 0 fully saturated rings. The third-order valence-electron chi connectivity index (χ3n) is 13.1. The van der Waals surface area contributed by atoms with Crippen molar-refractivity contribution in [2.45, 2.75) is 72.5 Å². The van der Waals surface area contributed by atoms with Crippen LogP contribution in [0.25, 0.3) is 27.2 Å². The first-order valence-corrected chi connectivity index (χ1v) is 26.3. The number of pyridine rings is 1. The molecule has 0 radical (unpaired) electrons. The molecule has 3 aliphatic heterocycles. The number of azide groups is 1. The first-order valence-electron chi connectivity index (χ1n) is 23.2. The molecule has 4 N–H and O–H groups in total. The number of benzene rings is 3. The van der Waals surface area contributed by atoms with Crippen LogP contribution in [0.1, 0.15) is 104 Å². The van der Waals surface area contributed by atoms with Crippen LogP contribution in [0.4, 0.5) is 11.4 Å². The van der Waals surface area contributed by atoms with E-state index >= 15 is 0 Å². The van der Waals surface area contributed by atoms with Gasteiger partial charge in [0.1, 0.15) is 18.5 Å². The number of rotatable bonds is 16. The summed E-state index contributed by atoms with van der Waals surface area (Å²) in [5, 5.41) is 20.3. The minimum atomic E-state index is -4.79. The number of amides is 2. The molecule has 0 bridgehead atoms. The van der Waals surface area contributed by atoms with Crippen LogP contribution in [0.2, 0.25) is 0 Å². The molecule has 2 amide bonds. The van der Waals surface area contributed by atoms with Crippen molar-refractivity contribution in [1.82, 2.24) is 14.9 Å². The van der Waals surface area contributed by atoms with Crippen LogP contribution < -0.4 is 40.3 Å². The molecule has 20 nitrogen and oxygen atoms in total. The zero-order chi connectivity index (χ0) is 53.1. The smallest absolute Gasteiger partial charge is 0.336 e. The van der Waals surface area contributed by atoms with Gasteiger partial charge in [0.15, 0.2) is 5.54 Å². The van der Waals surface area contributed by atoms with E-state index in [-0.39, 0.29) is 75.2 Å². The van der Waals surface area contributed by atoms with Crippen molar-refractivity contribution in [2.75, 3.05) is 62.0 Å². The van der Waals surface area contributed by atoms with Gasteiger partial charge in [0, 0.05) is 83.7 Å². The molecule has 0 unspecified atom stereocenters. The Morgan fingerprint density at radius 1 is 0.875 bits per heavy atom. The fourth-order valence-electron chi connectivity index (χ4n) is 8.91. The van der Waals surface area contributed by atoms with E-state index in [0.717, 1.165) is 0 Å². The number of hydrogen-bond acceptors (Lipinski definition) is 13. The quantitative estimate of drug-likeness (QED) is 0.0362. The summed E-state index contributed by atoms with van der Waals surface area (Å²) in [5.41, 5.74) is 9.78. The van der Waals surface area contributed by atoms with Crippen molar-refractivity contribution < 1.29 is 55.1 Å². The molecule has 0 saturated carbocycles. The number of carboxylic acids is 1. The number of fused-ring (bicyclic) bond motifs is 4. The highest BCUT2D eigenvalue weighted by Crippen LogP contribution is 2.47. The van der Waals surface area contributed by atoms with Crippen molar-refractivity contribution in [2.24, 2.45) is 5.11 Å². The molecular weight excluding hydrogens is 967 g/mol. The standard InChI is InChI=1S/C44H44N8O11S2.C6H15N/c1-43(2)18-25(22-64(57,58)59)30-14-33-37(16-35(30)51(43)5)63-38-17-36-31(26(23-65(60,61)62)19-44(3,4)52(36)6)15-34(38)40(33)29-10-7-24(13-32(29)42(55)56)41(54)46-12-11-39(53)49-28-9-8-27(47-20-28)21-48-50-45;1-4-7(5-2)6-3/h7-10,13-20H,11-12,21-23H2,1-6H3,(H4-,46,49,53,54,55,56,57,58,59,60,61,62);4-6H2,1-3H3. The van der Waals surface area contributed by atoms with Gasteiger partial charge in [-0.2, -0.15) is 0 Å². The van der Waals surface area contributed by atoms with Gasteiger partial charge in [0.25, 0.3) is 5.91 Å². The highest BCUT2D eigenvalue weighted by Gasteiger charge is 2.37. The van der Waals surface area contributed by atoms with Crippen LogP contribution in [-0.4, -0.2) is 117 Å². The molecule has 1 aromatic heterocycles. The molecule has 382 valence electrons. The van der Waals surface area contributed by atoms with Crippen molar-refractivity contribution in [1.29, 1.82) is 0 Å². The summed E-state index contributed by atoms with van der Waals surface area (Å²) in [6, 6.07) is 13.7. The number of aromatic carboxylic acids is 1.